The van der Waals surface area contributed by atoms with Gasteiger partial charge in [-0.3, -0.25) is 4.79 Å². The second-order valence-corrected chi connectivity index (χ2v) is 7.48. The van der Waals surface area contributed by atoms with Crippen molar-refractivity contribution < 1.29 is 9.53 Å². The first-order chi connectivity index (χ1) is 14.0. The van der Waals surface area contributed by atoms with Crippen LogP contribution in [0.4, 0.5) is 11.4 Å². The molecule has 0 spiro atoms. The van der Waals surface area contributed by atoms with Crippen molar-refractivity contribution in [1.29, 1.82) is 5.26 Å². The Kier molecular flexibility index (Phi) is 6.57. The van der Waals surface area contributed by atoms with E-state index in [1.54, 1.807) is 6.07 Å². The first-order valence-electron chi connectivity index (χ1n) is 9.18. The van der Waals surface area contributed by atoms with Gasteiger partial charge in [0.05, 0.1) is 23.4 Å². The fraction of sp³-hybridized carbons (Fsp3) is 0.227. The second-order valence-electron chi connectivity index (χ2n) is 6.52. The molecule has 29 heavy (non-hydrogen) atoms. The van der Waals surface area contributed by atoms with Crippen LogP contribution in [0.1, 0.15) is 12.5 Å². The highest BCUT2D eigenvalue weighted by atomic mass is 32.2. The Bertz CT molecular complexity index is 1060. The van der Waals surface area contributed by atoms with Gasteiger partial charge in [-0.1, -0.05) is 11.8 Å². The number of pyridine rings is 1. The fourth-order valence-electron chi connectivity index (χ4n) is 2.76. The van der Waals surface area contributed by atoms with Crippen LogP contribution in [0.2, 0.25) is 0 Å². The van der Waals surface area contributed by atoms with E-state index >= 15 is 0 Å². The number of aromatic nitrogens is 1. The van der Waals surface area contributed by atoms with Crippen LogP contribution in [0.3, 0.4) is 0 Å². The molecule has 0 atom stereocenters. The van der Waals surface area contributed by atoms with Crippen LogP contribution >= 0.6 is 11.8 Å². The van der Waals surface area contributed by atoms with E-state index < -0.39 is 0 Å². The third-order valence-electron chi connectivity index (χ3n) is 4.19. The van der Waals surface area contributed by atoms with Crippen molar-refractivity contribution in [3.05, 3.63) is 54.1 Å². The van der Waals surface area contributed by atoms with Gasteiger partial charge in [0.1, 0.15) is 16.8 Å². The minimum atomic E-state index is -0.148. The van der Waals surface area contributed by atoms with Gasteiger partial charge < -0.3 is 15.0 Å². The number of carbonyl (C=O) groups is 1. The maximum Gasteiger partial charge on any atom is 0.234 e. The van der Waals surface area contributed by atoms with Gasteiger partial charge in [-0.2, -0.15) is 5.26 Å². The largest absolute Gasteiger partial charge is 0.494 e. The predicted octanol–water partition coefficient (Wildman–Crippen LogP) is 4.30. The van der Waals surface area contributed by atoms with Crippen LogP contribution in [-0.4, -0.2) is 37.3 Å². The van der Waals surface area contributed by atoms with Gasteiger partial charge in [0.25, 0.3) is 0 Å². The van der Waals surface area contributed by atoms with Crippen molar-refractivity contribution in [2.45, 2.75) is 11.9 Å². The van der Waals surface area contributed by atoms with Crippen molar-refractivity contribution >= 4 is 39.9 Å². The Morgan fingerprint density at radius 1 is 1.21 bits per heavy atom. The highest BCUT2D eigenvalue weighted by molar-refractivity contribution is 8.00. The molecule has 0 saturated carbocycles. The van der Waals surface area contributed by atoms with Gasteiger partial charge in [-0.25, -0.2) is 4.98 Å². The molecule has 1 heterocycles. The third kappa shape index (κ3) is 5.18. The van der Waals surface area contributed by atoms with Crippen LogP contribution in [0, 0.1) is 11.3 Å². The van der Waals surface area contributed by atoms with Gasteiger partial charge >= 0.3 is 0 Å². The number of amides is 1. The maximum absolute atomic E-state index is 12.3. The number of thioether (sulfide) groups is 1. The molecule has 2 aromatic carbocycles. The van der Waals surface area contributed by atoms with Crippen LogP contribution in [0.5, 0.6) is 5.75 Å². The quantitative estimate of drug-likeness (QED) is 0.590. The number of hydrogen-bond acceptors (Lipinski definition) is 6. The van der Waals surface area contributed by atoms with Crippen LogP contribution in [0.25, 0.3) is 10.9 Å². The zero-order chi connectivity index (χ0) is 20.8. The molecule has 6 nitrogen and oxygen atoms in total. The van der Waals surface area contributed by atoms with E-state index in [1.807, 2.05) is 68.4 Å². The summed E-state index contributed by atoms with van der Waals surface area (Å²) in [6.45, 7) is 2.50. The summed E-state index contributed by atoms with van der Waals surface area (Å²) in [6, 6.07) is 17.1. The second kappa shape index (κ2) is 9.30. The lowest BCUT2D eigenvalue weighted by atomic mass is 10.1. The number of anilines is 2. The summed E-state index contributed by atoms with van der Waals surface area (Å²) in [6.07, 6.45) is 0. The minimum absolute atomic E-state index is 0.148. The van der Waals surface area contributed by atoms with E-state index in [0.29, 0.717) is 17.2 Å². The van der Waals surface area contributed by atoms with Crippen molar-refractivity contribution in [2.24, 2.45) is 0 Å². The third-order valence-corrected chi connectivity index (χ3v) is 5.18. The summed E-state index contributed by atoms with van der Waals surface area (Å²) < 4.78 is 5.50. The Balaban J connectivity index is 1.69. The number of ether oxygens (including phenoxy) is 1. The number of nitriles is 1. The lowest BCUT2D eigenvalue weighted by molar-refractivity contribution is -0.113. The molecule has 3 aromatic rings. The predicted molar refractivity (Wildman–Crippen MR) is 118 cm³/mol. The molecule has 3 rings (SSSR count). The van der Waals surface area contributed by atoms with E-state index in [4.69, 9.17) is 4.74 Å². The molecular formula is C22H22N4O2S. The molecule has 0 bridgehead atoms. The van der Waals surface area contributed by atoms with Crippen LogP contribution in [0.15, 0.2) is 53.6 Å². The van der Waals surface area contributed by atoms with E-state index in [0.717, 1.165) is 28.0 Å². The Hall–Kier alpha value is -3.24. The lowest BCUT2D eigenvalue weighted by Crippen LogP contribution is -2.14. The molecule has 0 aliphatic rings. The zero-order valence-electron chi connectivity index (χ0n) is 16.6. The summed E-state index contributed by atoms with van der Waals surface area (Å²) >= 11 is 1.25. The topological polar surface area (TPSA) is 78.2 Å². The number of benzene rings is 2. The average molecular weight is 407 g/mol. The molecular weight excluding hydrogens is 384 g/mol. The molecule has 7 heteroatoms. The molecule has 1 aromatic heterocycles. The molecule has 1 N–H and O–H groups in total. The normalized spacial score (nSPS) is 10.4. The number of fused-ring (bicyclic) bond motifs is 1. The first-order valence-corrected chi connectivity index (χ1v) is 10.2. The molecule has 0 aliphatic heterocycles. The molecule has 0 aliphatic carbocycles. The van der Waals surface area contributed by atoms with Crippen molar-refractivity contribution in [2.75, 3.05) is 36.7 Å². The van der Waals surface area contributed by atoms with Gasteiger partial charge in [0, 0.05) is 30.9 Å². The minimum Gasteiger partial charge on any atom is -0.494 e. The van der Waals surface area contributed by atoms with Crippen molar-refractivity contribution in [1.82, 2.24) is 4.98 Å². The highest BCUT2D eigenvalue weighted by Crippen LogP contribution is 2.27. The summed E-state index contributed by atoms with van der Waals surface area (Å²) in [4.78, 5) is 18.9. The van der Waals surface area contributed by atoms with E-state index in [1.165, 1.54) is 11.8 Å². The summed E-state index contributed by atoms with van der Waals surface area (Å²) in [5.41, 5.74) is 2.99. The van der Waals surface area contributed by atoms with Crippen molar-refractivity contribution in [3.8, 4) is 11.8 Å². The van der Waals surface area contributed by atoms with E-state index in [9.17, 15) is 10.1 Å². The van der Waals surface area contributed by atoms with Gasteiger partial charge in [0.2, 0.25) is 5.91 Å². The van der Waals surface area contributed by atoms with Crippen LogP contribution < -0.4 is 15.0 Å². The lowest BCUT2D eigenvalue weighted by Gasteiger charge is -2.13. The Labute approximate surface area is 174 Å². The van der Waals surface area contributed by atoms with Gasteiger partial charge in [0.15, 0.2) is 0 Å². The fourth-order valence-corrected chi connectivity index (χ4v) is 3.52. The van der Waals surface area contributed by atoms with E-state index in [-0.39, 0.29) is 11.7 Å². The summed E-state index contributed by atoms with van der Waals surface area (Å²) in [7, 11) is 3.93. The van der Waals surface area contributed by atoms with Gasteiger partial charge in [-0.05, 0) is 55.5 Å². The molecule has 0 radical (unpaired) electrons. The number of carbonyl (C=O) groups excluding carboxylic acids is 1. The van der Waals surface area contributed by atoms with Crippen molar-refractivity contribution in [3.63, 3.8) is 0 Å². The maximum atomic E-state index is 12.3. The summed E-state index contributed by atoms with van der Waals surface area (Å²) in [5.74, 6) is 0.760. The SMILES string of the molecule is CCOc1ccc2nc(SCC(=O)Nc3ccc(N(C)C)cc3)c(C#N)cc2c1. The van der Waals surface area contributed by atoms with Gasteiger partial charge in [-0.15, -0.1) is 0 Å². The molecule has 0 fully saturated rings. The number of hydrogen-bond donors (Lipinski definition) is 1. The molecule has 148 valence electrons. The number of nitrogens with one attached hydrogen (secondary N) is 1. The standard InChI is InChI=1S/C22H22N4O2S/c1-4-28-19-9-10-20-15(12-19)11-16(13-23)22(25-20)29-14-21(27)24-17-5-7-18(8-6-17)26(2)3/h5-12H,4,14H2,1-3H3,(H,24,27). The smallest absolute Gasteiger partial charge is 0.234 e. The number of rotatable bonds is 7. The zero-order valence-corrected chi connectivity index (χ0v) is 17.4. The molecule has 0 unspecified atom stereocenters. The average Bonchev–Trinajstić information content (AvgIpc) is 2.72. The molecule has 1 amide bonds. The summed E-state index contributed by atoms with van der Waals surface area (Å²) in [5, 5.41) is 13.7. The Morgan fingerprint density at radius 2 is 1.97 bits per heavy atom. The first kappa shape index (κ1) is 20.5. The Morgan fingerprint density at radius 3 is 2.62 bits per heavy atom. The highest BCUT2D eigenvalue weighted by Gasteiger charge is 2.11. The number of nitrogens with zero attached hydrogens (tertiary/aromatic N) is 3. The van der Waals surface area contributed by atoms with Crippen LogP contribution in [-0.2, 0) is 4.79 Å². The molecule has 0 saturated heterocycles. The van der Waals surface area contributed by atoms with E-state index in [2.05, 4.69) is 16.4 Å². The monoisotopic (exact) mass is 406 g/mol.